The maximum absolute atomic E-state index is 10.4. The molecule has 196 valence electrons. The highest BCUT2D eigenvalue weighted by Gasteiger charge is 2.31. The number of para-hydroxylation sites is 1. The lowest BCUT2D eigenvalue weighted by molar-refractivity contribution is -0.0139. The number of hydrogen-bond acceptors (Lipinski definition) is 7. The number of ether oxygens (including phenoxy) is 1. The highest BCUT2D eigenvalue weighted by molar-refractivity contribution is 5.87. The van der Waals surface area contributed by atoms with Crippen molar-refractivity contribution in [2.75, 3.05) is 44.3 Å². The Bertz CT molecular complexity index is 1420. The van der Waals surface area contributed by atoms with Gasteiger partial charge in [-0.3, -0.25) is 9.47 Å². The number of aryl methyl sites for hydroxylation is 2. The summed E-state index contributed by atoms with van der Waals surface area (Å²) in [5, 5.41) is 11.6. The third kappa shape index (κ3) is 4.49. The smallest absolute Gasteiger partial charge is 0.238 e. The highest BCUT2D eigenvalue weighted by Crippen LogP contribution is 2.31. The Morgan fingerprint density at radius 2 is 1.76 bits per heavy atom. The molecule has 0 amide bonds. The van der Waals surface area contributed by atoms with Crippen LogP contribution in [0.3, 0.4) is 0 Å². The van der Waals surface area contributed by atoms with Crippen molar-refractivity contribution < 1.29 is 9.84 Å². The number of aliphatic hydroxyl groups is 1. The normalized spacial score (nSPS) is 18.4. The van der Waals surface area contributed by atoms with Gasteiger partial charge >= 0.3 is 0 Å². The number of hydrogen-bond donors (Lipinski definition) is 1. The summed E-state index contributed by atoms with van der Waals surface area (Å²) < 4.78 is 9.91. The molecular weight excluding hydrogens is 466 g/mol. The Morgan fingerprint density at radius 3 is 2.49 bits per heavy atom. The van der Waals surface area contributed by atoms with Gasteiger partial charge in [-0.25, -0.2) is 4.98 Å². The van der Waals surface area contributed by atoms with Crippen molar-refractivity contribution in [3.8, 4) is 5.95 Å². The first-order valence-electron chi connectivity index (χ1n) is 13.4. The average Bonchev–Trinajstić information content (AvgIpc) is 3.39. The largest absolute Gasteiger partial charge is 0.390 e. The Morgan fingerprint density at radius 1 is 1.03 bits per heavy atom. The van der Waals surface area contributed by atoms with Crippen LogP contribution in [0.4, 0.5) is 5.82 Å². The number of likely N-dealkylation sites (tertiary alicyclic amines) is 1. The molecule has 3 aromatic heterocycles. The van der Waals surface area contributed by atoms with E-state index in [1.54, 1.807) is 0 Å². The number of benzene rings is 1. The minimum atomic E-state index is -0.621. The fourth-order valence-corrected chi connectivity index (χ4v) is 5.87. The second-order valence-corrected chi connectivity index (χ2v) is 11.1. The molecular formula is C28H37N7O2. The van der Waals surface area contributed by atoms with Crippen LogP contribution in [-0.2, 0) is 18.3 Å². The van der Waals surface area contributed by atoms with Crippen molar-refractivity contribution in [2.24, 2.45) is 13.0 Å². The van der Waals surface area contributed by atoms with Gasteiger partial charge in [-0.2, -0.15) is 9.97 Å². The summed E-state index contributed by atoms with van der Waals surface area (Å²) in [5.74, 6) is 2.88. The van der Waals surface area contributed by atoms with Crippen LogP contribution < -0.4 is 4.90 Å². The minimum Gasteiger partial charge on any atom is -0.390 e. The van der Waals surface area contributed by atoms with Crippen LogP contribution in [0.2, 0.25) is 0 Å². The quantitative estimate of drug-likeness (QED) is 0.447. The van der Waals surface area contributed by atoms with Crippen LogP contribution in [-0.4, -0.2) is 79.1 Å². The van der Waals surface area contributed by atoms with Crippen LogP contribution in [0.1, 0.15) is 38.2 Å². The second kappa shape index (κ2) is 9.38. The molecule has 1 aromatic carbocycles. The molecule has 9 heteroatoms. The summed E-state index contributed by atoms with van der Waals surface area (Å²) in [4.78, 5) is 20.0. The zero-order valence-corrected chi connectivity index (χ0v) is 22.3. The molecule has 0 bridgehead atoms. The predicted octanol–water partition coefficient (Wildman–Crippen LogP) is 3.44. The zero-order chi connectivity index (χ0) is 25.7. The topological polar surface area (TPSA) is 84.5 Å². The second-order valence-electron chi connectivity index (χ2n) is 11.1. The van der Waals surface area contributed by atoms with Gasteiger partial charge in [0, 0.05) is 31.2 Å². The van der Waals surface area contributed by atoms with E-state index in [1.807, 2.05) is 13.8 Å². The van der Waals surface area contributed by atoms with Gasteiger partial charge in [-0.05, 0) is 64.8 Å². The monoisotopic (exact) mass is 503 g/mol. The van der Waals surface area contributed by atoms with E-state index in [4.69, 9.17) is 19.7 Å². The SMILES string of the molecule is Cc1cc2ccccc2n1-c1nc(N2CCOCC2)c2nc(CN3CCC(C(C)(C)O)CC3)n(C)c2n1. The summed E-state index contributed by atoms with van der Waals surface area (Å²) in [6.07, 6.45) is 1.99. The molecule has 0 radical (unpaired) electrons. The fraction of sp³-hybridized carbons (Fsp3) is 0.536. The number of fused-ring (bicyclic) bond motifs is 2. The van der Waals surface area contributed by atoms with Gasteiger partial charge in [0.2, 0.25) is 5.95 Å². The molecule has 0 spiro atoms. The van der Waals surface area contributed by atoms with E-state index in [-0.39, 0.29) is 0 Å². The van der Waals surface area contributed by atoms with Crippen LogP contribution in [0.5, 0.6) is 0 Å². The summed E-state index contributed by atoms with van der Waals surface area (Å²) >= 11 is 0. The van der Waals surface area contributed by atoms with Gasteiger partial charge in [-0.1, -0.05) is 18.2 Å². The number of piperidine rings is 1. The lowest BCUT2D eigenvalue weighted by atomic mass is 9.83. The van der Waals surface area contributed by atoms with Gasteiger partial charge in [-0.15, -0.1) is 0 Å². The van der Waals surface area contributed by atoms with Crippen molar-refractivity contribution in [2.45, 2.75) is 45.8 Å². The van der Waals surface area contributed by atoms with Crippen molar-refractivity contribution in [3.05, 3.63) is 41.9 Å². The zero-order valence-electron chi connectivity index (χ0n) is 22.3. The highest BCUT2D eigenvalue weighted by atomic mass is 16.5. The molecule has 2 aliphatic rings. The van der Waals surface area contributed by atoms with Crippen LogP contribution in [0, 0.1) is 12.8 Å². The number of morpholine rings is 1. The van der Waals surface area contributed by atoms with E-state index < -0.39 is 5.60 Å². The lowest BCUT2D eigenvalue weighted by Gasteiger charge is -2.37. The third-order valence-corrected chi connectivity index (χ3v) is 8.14. The van der Waals surface area contributed by atoms with E-state index in [0.29, 0.717) is 25.1 Å². The summed E-state index contributed by atoms with van der Waals surface area (Å²) in [6, 6.07) is 10.6. The molecule has 2 saturated heterocycles. The molecule has 0 saturated carbocycles. The summed E-state index contributed by atoms with van der Waals surface area (Å²) in [6.45, 7) is 11.6. The van der Waals surface area contributed by atoms with Gasteiger partial charge in [0.25, 0.3) is 0 Å². The first kappa shape index (κ1) is 24.3. The Balaban J connectivity index is 1.40. The van der Waals surface area contributed by atoms with Gasteiger partial charge < -0.3 is 19.3 Å². The van der Waals surface area contributed by atoms with E-state index in [2.05, 4.69) is 63.2 Å². The minimum absolute atomic E-state index is 0.338. The third-order valence-electron chi connectivity index (χ3n) is 8.14. The van der Waals surface area contributed by atoms with Crippen molar-refractivity contribution in [1.29, 1.82) is 0 Å². The standard InChI is InChI=1S/C28H37N7O2/c1-19-17-20-7-5-6-8-22(20)35(19)27-30-25-24(26(31-27)34-13-15-37-16-14-34)29-23(32(25)4)18-33-11-9-21(10-12-33)28(2,3)36/h5-8,17,21,36H,9-16,18H2,1-4H3. The average molecular weight is 504 g/mol. The summed E-state index contributed by atoms with van der Waals surface area (Å²) in [7, 11) is 2.06. The summed E-state index contributed by atoms with van der Waals surface area (Å²) in [5.41, 5.74) is 3.28. The van der Waals surface area contributed by atoms with Crippen molar-refractivity contribution in [1.82, 2.24) is 29.0 Å². The Labute approximate surface area is 217 Å². The molecule has 4 aromatic rings. The molecule has 0 unspecified atom stereocenters. The molecule has 2 aliphatic heterocycles. The number of nitrogens with zero attached hydrogens (tertiary/aromatic N) is 7. The first-order valence-corrected chi connectivity index (χ1v) is 13.4. The van der Waals surface area contributed by atoms with Crippen LogP contribution >= 0.6 is 0 Å². The van der Waals surface area contributed by atoms with Gasteiger partial charge in [0.1, 0.15) is 5.82 Å². The maximum atomic E-state index is 10.4. The molecule has 0 aliphatic carbocycles. The molecule has 2 fully saturated rings. The maximum Gasteiger partial charge on any atom is 0.238 e. The van der Waals surface area contributed by atoms with E-state index in [1.165, 1.54) is 5.39 Å². The number of aromatic nitrogens is 5. The first-order chi connectivity index (χ1) is 17.8. The molecule has 1 N–H and O–H groups in total. The van der Waals surface area contributed by atoms with Crippen molar-refractivity contribution in [3.63, 3.8) is 0 Å². The molecule has 5 heterocycles. The van der Waals surface area contributed by atoms with E-state index >= 15 is 0 Å². The molecule has 9 nitrogen and oxygen atoms in total. The number of imidazole rings is 1. The van der Waals surface area contributed by atoms with E-state index in [9.17, 15) is 5.11 Å². The lowest BCUT2D eigenvalue weighted by Crippen LogP contribution is -2.41. The molecule has 37 heavy (non-hydrogen) atoms. The van der Waals surface area contributed by atoms with Crippen LogP contribution in [0.15, 0.2) is 30.3 Å². The number of rotatable bonds is 5. The Kier molecular flexibility index (Phi) is 6.17. The molecule has 6 rings (SSSR count). The number of anilines is 1. The predicted molar refractivity (Wildman–Crippen MR) is 145 cm³/mol. The van der Waals surface area contributed by atoms with Crippen molar-refractivity contribution >= 4 is 27.9 Å². The molecule has 0 atom stereocenters. The van der Waals surface area contributed by atoms with E-state index in [0.717, 1.165) is 79.6 Å². The van der Waals surface area contributed by atoms with Gasteiger partial charge in [0.15, 0.2) is 17.0 Å². The fourth-order valence-electron chi connectivity index (χ4n) is 5.87. The Hall–Kier alpha value is -3.01. The van der Waals surface area contributed by atoms with Gasteiger partial charge in [0.05, 0.1) is 30.9 Å². The van der Waals surface area contributed by atoms with Crippen LogP contribution in [0.25, 0.3) is 28.0 Å².